The average molecular weight is 550 g/mol. The Balaban J connectivity index is 1.51. The molecule has 0 spiro atoms. The zero-order valence-electron chi connectivity index (χ0n) is 20.7. The van der Waals surface area contributed by atoms with Gasteiger partial charge >= 0.3 is 0 Å². The Kier molecular flexibility index (Phi) is 5.68. The number of rotatable bonds is 4. The highest BCUT2D eigenvalue weighted by Gasteiger charge is 2.15. The SMILES string of the molecule is Brc1cccc(-c2ccc3c(c2)c2ccccc2n3-c2cc(-c3ccccc3)cc(-c3ccccc3)c2)c1. The zero-order valence-corrected chi connectivity index (χ0v) is 22.3. The number of nitrogens with zero attached hydrogens (tertiary/aromatic N) is 1. The van der Waals surface area contributed by atoms with E-state index in [4.69, 9.17) is 0 Å². The molecule has 2 heteroatoms. The minimum atomic E-state index is 1.09. The Labute approximate surface area is 230 Å². The minimum absolute atomic E-state index is 1.09. The highest BCUT2D eigenvalue weighted by Crippen LogP contribution is 2.37. The van der Waals surface area contributed by atoms with E-state index in [9.17, 15) is 0 Å². The molecule has 38 heavy (non-hydrogen) atoms. The van der Waals surface area contributed by atoms with E-state index in [0.717, 1.165) is 10.2 Å². The zero-order chi connectivity index (χ0) is 25.5. The summed E-state index contributed by atoms with van der Waals surface area (Å²) in [5, 5.41) is 2.51. The third kappa shape index (κ3) is 4.04. The van der Waals surface area contributed by atoms with Gasteiger partial charge in [-0.15, -0.1) is 0 Å². The molecule has 0 unspecified atom stereocenters. The van der Waals surface area contributed by atoms with Crippen LogP contribution in [0.1, 0.15) is 0 Å². The summed E-state index contributed by atoms with van der Waals surface area (Å²) in [5.74, 6) is 0. The number of aromatic nitrogens is 1. The van der Waals surface area contributed by atoms with Gasteiger partial charge in [0.25, 0.3) is 0 Å². The molecule has 7 aromatic rings. The molecule has 6 aromatic carbocycles. The van der Waals surface area contributed by atoms with Gasteiger partial charge < -0.3 is 4.57 Å². The van der Waals surface area contributed by atoms with Gasteiger partial charge in [-0.1, -0.05) is 113 Å². The van der Waals surface area contributed by atoms with Crippen LogP contribution in [0.25, 0.3) is 60.9 Å². The molecular weight excluding hydrogens is 526 g/mol. The third-order valence-corrected chi connectivity index (χ3v) is 7.71. The van der Waals surface area contributed by atoms with E-state index in [1.165, 1.54) is 55.2 Å². The molecule has 1 nitrogen and oxygen atoms in total. The van der Waals surface area contributed by atoms with Crippen molar-refractivity contribution >= 4 is 37.7 Å². The third-order valence-electron chi connectivity index (χ3n) is 7.22. The molecule has 0 N–H and O–H groups in total. The molecule has 0 atom stereocenters. The largest absolute Gasteiger partial charge is 0.309 e. The van der Waals surface area contributed by atoms with E-state index >= 15 is 0 Å². The van der Waals surface area contributed by atoms with Crippen molar-refractivity contribution in [3.05, 3.63) is 150 Å². The van der Waals surface area contributed by atoms with E-state index in [-0.39, 0.29) is 0 Å². The van der Waals surface area contributed by atoms with Gasteiger partial charge in [0.15, 0.2) is 0 Å². The van der Waals surface area contributed by atoms with Crippen LogP contribution in [0.5, 0.6) is 0 Å². The first-order valence-electron chi connectivity index (χ1n) is 12.8. The fourth-order valence-corrected chi connectivity index (χ4v) is 5.83. The van der Waals surface area contributed by atoms with E-state index in [0.29, 0.717) is 0 Å². The maximum atomic E-state index is 3.63. The van der Waals surface area contributed by atoms with Crippen LogP contribution in [-0.2, 0) is 0 Å². The summed E-state index contributed by atoms with van der Waals surface area (Å²) < 4.78 is 3.50. The number of hydrogen-bond acceptors (Lipinski definition) is 0. The highest BCUT2D eigenvalue weighted by atomic mass is 79.9. The van der Waals surface area contributed by atoms with Crippen molar-refractivity contribution in [2.24, 2.45) is 0 Å². The predicted octanol–water partition coefficient (Wildman–Crippen LogP) is 10.5. The Morgan fingerprint density at radius 2 is 0.947 bits per heavy atom. The number of hydrogen-bond donors (Lipinski definition) is 0. The monoisotopic (exact) mass is 549 g/mol. The van der Waals surface area contributed by atoms with Gasteiger partial charge in [0.05, 0.1) is 11.0 Å². The fourth-order valence-electron chi connectivity index (χ4n) is 5.43. The molecule has 1 aromatic heterocycles. The molecule has 0 aliphatic rings. The summed E-state index contributed by atoms with van der Waals surface area (Å²) in [4.78, 5) is 0. The summed E-state index contributed by atoms with van der Waals surface area (Å²) >= 11 is 3.63. The van der Waals surface area contributed by atoms with Crippen LogP contribution in [0.4, 0.5) is 0 Å². The van der Waals surface area contributed by atoms with E-state index < -0.39 is 0 Å². The Bertz CT molecular complexity index is 1860. The fraction of sp³-hybridized carbons (Fsp3) is 0. The molecule has 0 bridgehead atoms. The number of para-hydroxylation sites is 1. The summed E-state index contributed by atoms with van der Waals surface area (Å²) in [7, 11) is 0. The first-order chi connectivity index (χ1) is 18.7. The lowest BCUT2D eigenvalue weighted by atomic mass is 9.98. The Hall–Kier alpha value is -4.40. The first-order valence-corrected chi connectivity index (χ1v) is 13.6. The van der Waals surface area contributed by atoms with Crippen LogP contribution in [0.3, 0.4) is 0 Å². The van der Waals surface area contributed by atoms with Gasteiger partial charge in [0.1, 0.15) is 0 Å². The van der Waals surface area contributed by atoms with Gasteiger partial charge in [0, 0.05) is 20.9 Å². The van der Waals surface area contributed by atoms with Crippen LogP contribution < -0.4 is 0 Å². The van der Waals surface area contributed by atoms with E-state index in [1.807, 2.05) is 0 Å². The van der Waals surface area contributed by atoms with Crippen LogP contribution in [0, 0.1) is 0 Å². The summed E-state index contributed by atoms with van der Waals surface area (Å²) in [6.45, 7) is 0. The van der Waals surface area contributed by atoms with Crippen molar-refractivity contribution in [3.63, 3.8) is 0 Å². The topological polar surface area (TPSA) is 4.93 Å². The van der Waals surface area contributed by atoms with Crippen molar-refractivity contribution in [3.8, 4) is 39.1 Å². The maximum Gasteiger partial charge on any atom is 0.0541 e. The molecule has 0 saturated heterocycles. The van der Waals surface area contributed by atoms with Crippen LogP contribution in [-0.4, -0.2) is 4.57 Å². The molecule has 0 saturated carbocycles. The highest BCUT2D eigenvalue weighted by molar-refractivity contribution is 9.10. The summed E-state index contributed by atoms with van der Waals surface area (Å²) in [5.41, 5.74) is 10.8. The van der Waals surface area contributed by atoms with Gasteiger partial charge in [0.2, 0.25) is 0 Å². The van der Waals surface area contributed by atoms with Crippen LogP contribution in [0.2, 0.25) is 0 Å². The number of fused-ring (bicyclic) bond motifs is 3. The molecule has 7 rings (SSSR count). The van der Waals surface area contributed by atoms with E-state index in [1.54, 1.807) is 0 Å². The quantitative estimate of drug-likeness (QED) is 0.205. The second kappa shape index (κ2) is 9.48. The van der Waals surface area contributed by atoms with Crippen molar-refractivity contribution in [1.29, 1.82) is 0 Å². The van der Waals surface area contributed by atoms with Crippen molar-refractivity contribution in [2.45, 2.75) is 0 Å². The van der Waals surface area contributed by atoms with Gasteiger partial charge in [-0.2, -0.15) is 0 Å². The van der Waals surface area contributed by atoms with Crippen LogP contribution in [0.15, 0.2) is 150 Å². The minimum Gasteiger partial charge on any atom is -0.309 e. The Morgan fingerprint density at radius 3 is 1.63 bits per heavy atom. The second-order valence-corrected chi connectivity index (χ2v) is 10.5. The molecule has 0 radical (unpaired) electrons. The van der Waals surface area contributed by atoms with Crippen LogP contribution >= 0.6 is 15.9 Å². The molecular formula is C36H24BrN. The molecule has 1 heterocycles. The molecule has 0 aliphatic carbocycles. The van der Waals surface area contributed by atoms with Crippen molar-refractivity contribution in [2.75, 3.05) is 0 Å². The van der Waals surface area contributed by atoms with Gasteiger partial charge in [-0.05, 0) is 81.9 Å². The van der Waals surface area contributed by atoms with Gasteiger partial charge in [-0.25, -0.2) is 0 Å². The lowest BCUT2D eigenvalue weighted by Crippen LogP contribution is -1.96. The average Bonchev–Trinajstić information content (AvgIpc) is 3.32. The summed E-state index contributed by atoms with van der Waals surface area (Å²) in [6, 6.07) is 52.3. The predicted molar refractivity (Wildman–Crippen MR) is 165 cm³/mol. The van der Waals surface area contributed by atoms with Crippen molar-refractivity contribution < 1.29 is 0 Å². The maximum absolute atomic E-state index is 3.63. The molecule has 0 aliphatic heterocycles. The lowest BCUT2D eigenvalue weighted by Gasteiger charge is -2.14. The lowest BCUT2D eigenvalue weighted by molar-refractivity contribution is 1.18. The second-order valence-electron chi connectivity index (χ2n) is 9.60. The molecule has 0 amide bonds. The molecule has 0 fully saturated rings. The van der Waals surface area contributed by atoms with E-state index in [2.05, 4.69) is 166 Å². The normalized spacial score (nSPS) is 11.3. The summed E-state index contributed by atoms with van der Waals surface area (Å²) in [6.07, 6.45) is 0. The first kappa shape index (κ1) is 22.8. The van der Waals surface area contributed by atoms with Crippen molar-refractivity contribution in [1.82, 2.24) is 4.57 Å². The smallest absolute Gasteiger partial charge is 0.0541 e. The van der Waals surface area contributed by atoms with Gasteiger partial charge in [-0.3, -0.25) is 0 Å². The number of halogens is 1. The standard InChI is InChI=1S/C36H24BrN/c37-31-15-9-14-27(21-31)28-18-19-36-34(24-28)33-16-7-8-17-35(33)38(36)32-22-29(25-10-3-1-4-11-25)20-30(23-32)26-12-5-2-6-13-26/h1-24H. The Morgan fingerprint density at radius 1 is 0.368 bits per heavy atom. The molecule has 180 valence electrons. The number of benzene rings is 6.